The van der Waals surface area contributed by atoms with Crippen molar-refractivity contribution in [2.24, 2.45) is 10.9 Å². The molecule has 0 bridgehead atoms. The van der Waals surface area contributed by atoms with Crippen molar-refractivity contribution in [1.82, 2.24) is 20.4 Å². The van der Waals surface area contributed by atoms with E-state index in [0.717, 1.165) is 51.4 Å². The summed E-state index contributed by atoms with van der Waals surface area (Å²) in [6.07, 6.45) is 5.60. The van der Waals surface area contributed by atoms with Crippen molar-refractivity contribution in [2.45, 2.75) is 77.9 Å². The molecule has 1 unspecified atom stereocenters. The Morgan fingerprint density at radius 1 is 1.15 bits per heavy atom. The number of hydrogen-bond acceptors (Lipinski definition) is 3. The van der Waals surface area contributed by atoms with Gasteiger partial charge in [-0.2, -0.15) is 0 Å². The molecule has 2 N–H and O–H groups in total. The van der Waals surface area contributed by atoms with E-state index >= 15 is 0 Å². The summed E-state index contributed by atoms with van der Waals surface area (Å²) in [5.41, 5.74) is 0. The van der Waals surface area contributed by atoms with Gasteiger partial charge in [0.1, 0.15) is 0 Å². The third-order valence-corrected chi connectivity index (χ3v) is 5.76. The molecule has 6 nitrogen and oxygen atoms in total. The van der Waals surface area contributed by atoms with Gasteiger partial charge in [-0.3, -0.25) is 14.7 Å². The maximum Gasteiger partial charge on any atom is 0.225 e. The Morgan fingerprint density at radius 2 is 1.78 bits per heavy atom. The Hall–Kier alpha value is -0.570. The topological polar surface area (TPSA) is 60.0 Å². The quantitative estimate of drug-likeness (QED) is 0.325. The Labute approximate surface area is 182 Å². The summed E-state index contributed by atoms with van der Waals surface area (Å²) in [4.78, 5) is 21.5. The zero-order valence-corrected chi connectivity index (χ0v) is 20.2. The van der Waals surface area contributed by atoms with Crippen LogP contribution in [0.2, 0.25) is 0 Å². The lowest BCUT2D eigenvalue weighted by Gasteiger charge is -2.30. The zero-order valence-electron chi connectivity index (χ0n) is 17.8. The van der Waals surface area contributed by atoms with Crippen molar-refractivity contribution in [2.75, 3.05) is 33.2 Å². The van der Waals surface area contributed by atoms with Crippen molar-refractivity contribution in [3.8, 4) is 0 Å². The first kappa shape index (κ1) is 24.5. The van der Waals surface area contributed by atoms with Crippen LogP contribution in [0.3, 0.4) is 0 Å². The largest absolute Gasteiger partial charge is 0.355 e. The van der Waals surface area contributed by atoms with E-state index in [1.54, 1.807) is 0 Å². The highest BCUT2D eigenvalue weighted by molar-refractivity contribution is 14.0. The van der Waals surface area contributed by atoms with Crippen LogP contribution in [0, 0.1) is 5.92 Å². The van der Waals surface area contributed by atoms with Gasteiger partial charge >= 0.3 is 0 Å². The molecule has 1 saturated heterocycles. The smallest absolute Gasteiger partial charge is 0.225 e. The summed E-state index contributed by atoms with van der Waals surface area (Å²) < 4.78 is 0. The molecule has 1 aliphatic carbocycles. The number of carbonyl (C=O) groups is 1. The van der Waals surface area contributed by atoms with E-state index in [9.17, 15) is 4.79 Å². The molecule has 1 atom stereocenters. The molecule has 0 aromatic heterocycles. The fraction of sp³-hybridized carbons (Fsp3) is 0.900. The Morgan fingerprint density at radius 3 is 2.33 bits per heavy atom. The van der Waals surface area contributed by atoms with E-state index in [0.29, 0.717) is 24.0 Å². The number of nitrogens with zero attached hydrogens (tertiary/aromatic N) is 3. The Bertz CT molecular complexity index is 469. The molecule has 1 amide bonds. The van der Waals surface area contributed by atoms with Crippen molar-refractivity contribution in [3.05, 3.63) is 0 Å². The average molecular weight is 493 g/mol. The number of amides is 1. The molecule has 0 aromatic rings. The Balaban J connectivity index is 0.00000364. The molecule has 2 aliphatic rings. The predicted molar refractivity (Wildman–Crippen MR) is 124 cm³/mol. The zero-order chi connectivity index (χ0) is 19.1. The second-order valence-electron chi connectivity index (χ2n) is 8.32. The molecular formula is C20H40IN5O. The molecule has 0 aromatic carbocycles. The van der Waals surface area contributed by atoms with Crippen molar-refractivity contribution in [1.29, 1.82) is 0 Å². The molecule has 0 spiro atoms. The van der Waals surface area contributed by atoms with Gasteiger partial charge in [-0.05, 0) is 47.0 Å². The summed E-state index contributed by atoms with van der Waals surface area (Å²) in [5.74, 6) is 1.50. The first-order chi connectivity index (χ1) is 12.4. The molecule has 0 radical (unpaired) electrons. The Kier molecular flexibility index (Phi) is 11.0. The minimum absolute atomic E-state index is 0. The number of hydrogen-bond donors (Lipinski definition) is 2. The molecule has 2 rings (SSSR count). The van der Waals surface area contributed by atoms with Gasteiger partial charge in [0.25, 0.3) is 0 Å². The van der Waals surface area contributed by atoms with Gasteiger partial charge in [0.05, 0.1) is 0 Å². The maximum atomic E-state index is 12.6. The number of likely N-dealkylation sites (tertiary alicyclic amines) is 1. The summed E-state index contributed by atoms with van der Waals surface area (Å²) in [7, 11) is 1.81. The molecule has 7 heteroatoms. The highest BCUT2D eigenvalue weighted by Gasteiger charge is 2.32. The van der Waals surface area contributed by atoms with Gasteiger partial charge in [-0.1, -0.05) is 12.8 Å². The van der Waals surface area contributed by atoms with Crippen molar-refractivity contribution >= 4 is 35.8 Å². The van der Waals surface area contributed by atoms with Crippen LogP contribution >= 0.6 is 24.0 Å². The van der Waals surface area contributed by atoms with Crippen LogP contribution in [0.1, 0.15) is 59.8 Å². The summed E-state index contributed by atoms with van der Waals surface area (Å²) in [6.45, 7) is 12.5. The molecule has 1 heterocycles. The second kappa shape index (κ2) is 12.1. The van der Waals surface area contributed by atoms with Crippen LogP contribution in [0.4, 0.5) is 0 Å². The van der Waals surface area contributed by atoms with Gasteiger partial charge in [-0.25, -0.2) is 0 Å². The summed E-state index contributed by atoms with van der Waals surface area (Å²) in [5, 5.41) is 6.93. The first-order valence-electron chi connectivity index (χ1n) is 10.4. The summed E-state index contributed by atoms with van der Waals surface area (Å²) in [6, 6.07) is 1.38. The van der Waals surface area contributed by atoms with E-state index in [2.05, 4.69) is 53.1 Å². The maximum absolute atomic E-state index is 12.6. The predicted octanol–water partition coefficient (Wildman–Crippen LogP) is 2.68. The lowest BCUT2D eigenvalue weighted by atomic mass is 10.1. The normalized spacial score (nSPS) is 21.3. The molecule has 2 fully saturated rings. The van der Waals surface area contributed by atoms with Gasteiger partial charge in [0, 0.05) is 57.3 Å². The van der Waals surface area contributed by atoms with Gasteiger partial charge < -0.3 is 15.5 Å². The monoisotopic (exact) mass is 493 g/mol. The van der Waals surface area contributed by atoms with E-state index < -0.39 is 0 Å². The number of carbonyl (C=O) groups excluding carboxylic acids is 1. The molecule has 27 heavy (non-hydrogen) atoms. The number of rotatable bonds is 7. The van der Waals surface area contributed by atoms with E-state index in [1.807, 2.05) is 7.05 Å². The lowest BCUT2D eigenvalue weighted by Crippen LogP contribution is -2.48. The number of aliphatic imine (C=N–C) groups is 1. The highest BCUT2D eigenvalue weighted by Crippen LogP contribution is 2.27. The third kappa shape index (κ3) is 7.40. The van der Waals surface area contributed by atoms with Crippen molar-refractivity contribution < 1.29 is 4.79 Å². The first-order valence-corrected chi connectivity index (χ1v) is 10.4. The minimum atomic E-state index is 0. The fourth-order valence-corrected chi connectivity index (χ4v) is 4.31. The van der Waals surface area contributed by atoms with Crippen LogP contribution in [-0.2, 0) is 4.79 Å². The fourth-order valence-electron chi connectivity index (χ4n) is 4.31. The van der Waals surface area contributed by atoms with Crippen LogP contribution in [0.5, 0.6) is 0 Å². The van der Waals surface area contributed by atoms with E-state index in [4.69, 9.17) is 0 Å². The number of guanidine groups is 1. The minimum Gasteiger partial charge on any atom is -0.355 e. The van der Waals surface area contributed by atoms with Crippen LogP contribution in [-0.4, -0.2) is 73.0 Å². The number of nitrogens with one attached hydrogen (secondary N) is 2. The second-order valence-corrected chi connectivity index (χ2v) is 8.32. The molecular weight excluding hydrogens is 453 g/mol. The average Bonchev–Trinajstić information content (AvgIpc) is 3.27. The van der Waals surface area contributed by atoms with Crippen LogP contribution in [0.25, 0.3) is 0 Å². The molecule has 1 aliphatic heterocycles. The lowest BCUT2D eigenvalue weighted by molar-refractivity contribution is -0.134. The van der Waals surface area contributed by atoms with Crippen LogP contribution < -0.4 is 10.6 Å². The SMILES string of the molecule is CN=C(NCCN(C(C)C)C(C)C)NC1CCN(C(=O)C2CCCC2)C1.I. The number of halogens is 1. The standard InChI is InChI=1S/C20H39N5O.HI/c1-15(2)25(16(3)4)13-11-22-20(21-5)23-18-10-12-24(14-18)19(26)17-8-6-7-9-17;/h15-18H,6-14H2,1-5H3,(H2,21,22,23);1H. The van der Waals surface area contributed by atoms with Gasteiger partial charge in [-0.15, -0.1) is 24.0 Å². The highest BCUT2D eigenvalue weighted by atomic mass is 127. The van der Waals surface area contributed by atoms with Gasteiger partial charge in [0.15, 0.2) is 5.96 Å². The van der Waals surface area contributed by atoms with Crippen LogP contribution in [0.15, 0.2) is 4.99 Å². The molecule has 158 valence electrons. The third-order valence-electron chi connectivity index (χ3n) is 5.76. The molecule has 1 saturated carbocycles. The van der Waals surface area contributed by atoms with E-state index in [-0.39, 0.29) is 29.9 Å². The van der Waals surface area contributed by atoms with E-state index in [1.165, 1.54) is 12.8 Å². The van der Waals surface area contributed by atoms with Crippen molar-refractivity contribution in [3.63, 3.8) is 0 Å². The van der Waals surface area contributed by atoms with Gasteiger partial charge in [0.2, 0.25) is 5.91 Å². The summed E-state index contributed by atoms with van der Waals surface area (Å²) >= 11 is 0.